The molecule has 0 saturated carbocycles. The van der Waals surface area contributed by atoms with Gasteiger partial charge in [-0.25, -0.2) is 4.79 Å². The number of benzene rings is 1. The van der Waals surface area contributed by atoms with Crippen molar-refractivity contribution in [3.05, 3.63) is 57.4 Å². The summed E-state index contributed by atoms with van der Waals surface area (Å²) >= 11 is 1.33. The Morgan fingerprint density at radius 1 is 1.30 bits per heavy atom. The van der Waals surface area contributed by atoms with Crippen molar-refractivity contribution in [2.24, 2.45) is 0 Å². The third kappa shape index (κ3) is 6.58. The van der Waals surface area contributed by atoms with Crippen LogP contribution in [0.4, 0.5) is 4.79 Å². The number of thioether (sulfide) groups is 1. The molecule has 0 bridgehead atoms. The molecule has 27 heavy (non-hydrogen) atoms. The summed E-state index contributed by atoms with van der Waals surface area (Å²) in [4.78, 5) is 27.0. The highest BCUT2D eigenvalue weighted by Crippen LogP contribution is 2.37. The largest absolute Gasteiger partial charge is 0.444 e. The maximum atomic E-state index is 12.9. The number of likely N-dealkylation sites (N-methyl/N-ethyl adjacent to an activating group) is 1. The van der Waals surface area contributed by atoms with Gasteiger partial charge < -0.3 is 4.74 Å². The van der Waals surface area contributed by atoms with E-state index in [4.69, 9.17) is 4.74 Å². The van der Waals surface area contributed by atoms with Crippen LogP contribution in [0.3, 0.4) is 0 Å². The average Bonchev–Trinajstić information content (AvgIpc) is 2.58. The van der Waals surface area contributed by atoms with Crippen LogP contribution >= 0.6 is 11.8 Å². The summed E-state index contributed by atoms with van der Waals surface area (Å²) < 4.78 is 5.65. The minimum absolute atomic E-state index is 0.280. The molecule has 4 nitrogen and oxygen atoms in total. The Labute approximate surface area is 167 Å². The Hall–Kier alpha value is -2.01. The molecule has 1 atom stereocenters. The number of hydrogen-bond donors (Lipinski definition) is 0. The van der Waals surface area contributed by atoms with Gasteiger partial charge in [0.25, 0.3) is 0 Å². The summed E-state index contributed by atoms with van der Waals surface area (Å²) in [5.74, 6) is 0. The van der Waals surface area contributed by atoms with Crippen molar-refractivity contribution in [3.8, 4) is 0 Å². The zero-order chi connectivity index (χ0) is 20.8. The zero-order valence-electron chi connectivity index (χ0n) is 17.5. The number of allylic oxidation sites excluding steroid dienone is 2. The van der Waals surface area contributed by atoms with Gasteiger partial charge in [0, 0.05) is 11.4 Å². The van der Waals surface area contributed by atoms with Crippen LogP contribution in [0.2, 0.25) is 0 Å². The smallest absolute Gasteiger partial charge is 0.411 e. The van der Waals surface area contributed by atoms with Crippen LogP contribution in [0.25, 0.3) is 0 Å². The Kier molecular flexibility index (Phi) is 8.35. The maximum Gasteiger partial charge on any atom is 0.411 e. The summed E-state index contributed by atoms with van der Waals surface area (Å²) in [5.41, 5.74) is 2.55. The molecule has 0 aromatic heterocycles. The third-order valence-electron chi connectivity index (χ3n) is 4.14. The van der Waals surface area contributed by atoms with Gasteiger partial charge >= 0.3 is 6.09 Å². The number of carbonyl (C=O) groups is 2. The molecule has 5 heteroatoms. The van der Waals surface area contributed by atoms with Crippen molar-refractivity contribution in [1.82, 2.24) is 4.90 Å². The number of rotatable bonds is 7. The number of amides is 1. The van der Waals surface area contributed by atoms with E-state index in [0.717, 1.165) is 27.9 Å². The van der Waals surface area contributed by atoms with E-state index in [2.05, 4.69) is 6.58 Å². The van der Waals surface area contributed by atoms with Gasteiger partial charge in [-0.05, 0) is 70.1 Å². The molecular formula is C22H31NO3S. The summed E-state index contributed by atoms with van der Waals surface area (Å²) in [5, 5.41) is 0. The molecule has 0 aliphatic rings. The van der Waals surface area contributed by atoms with Crippen LogP contribution < -0.4 is 0 Å². The molecule has 0 spiro atoms. The van der Waals surface area contributed by atoms with Crippen molar-refractivity contribution < 1.29 is 14.3 Å². The van der Waals surface area contributed by atoms with Crippen LogP contribution in [-0.4, -0.2) is 29.4 Å². The lowest BCUT2D eigenvalue weighted by molar-refractivity contribution is -0.104. The molecule has 1 aromatic rings. The highest BCUT2D eigenvalue weighted by molar-refractivity contribution is 8.07. The fourth-order valence-corrected chi connectivity index (χ4v) is 3.47. The van der Waals surface area contributed by atoms with Crippen molar-refractivity contribution in [2.45, 2.75) is 60.1 Å². The van der Waals surface area contributed by atoms with E-state index in [9.17, 15) is 9.59 Å². The third-order valence-corrected chi connectivity index (χ3v) is 5.13. The average molecular weight is 390 g/mol. The molecule has 148 valence electrons. The molecule has 0 fully saturated rings. The summed E-state index contributed by atoms with van der Waals surface area (Å²) in [6.07, 6.45) is 0.389. The van der Waals surface area contributed by atoms with E-state index in [0.29, 0.717) is 11.4 Å². The Morgan fingerprint density at radius 2 is 1.89 bits per heavy atom. The van der Waals surface area contributed by atoms with Gasteiger partial charge in [0.05, 0.1) is 6.04 Å². The number of aryl methyl sites for hydroxylation is 1. The Bertz CT molecular complexity index is 731. The minimum atomic E-state index is -0.575. The predicted molar refractivity (Wildman–Crippen MR) is 114 cm³/mol. The second-order valence-corrected chi connectivity index (χ2v) is 8.79. The zero-order valence-corrected chi connectivity index (χ0v) is 18.3. The molecule has 1 unspecified atom stereocenters. The van der Waals surface area contributed by atoms with Crippen LogP contribution in [0.1, 0.15) is 58.7 Å². The first kappa shape index (κ1) is 23.0. The number of ether oxygens (including phenoxy) is 1. The maximum absolute atomic E-state index is 12.9. The van der Waals surface area contributed by atoms with Crippen molar-refractivity contribution in [3.63, 3.8) is 0 Å². The molecule has 0 heterocycles. The van der Waals surface area contributed by atoms with Crippen LogP contribution in [-0.2, 0) is 9.53 Å². The summed E-state index contributed by atoms with van der Waals surface area (Å²) in [6.45, 7) is 17.7. The first-order valence-corrected chi connectivity index (χ1v) is 9.87. The lowest BCUT2D eigenvalue weighted by Crippen LogP contribution is -2.40. The molecular weight excluding hydrogens is 358 g/mol. The van der Waals surface area contributed by atoms with E-state index in [1.54, 1.807) is 4.90 Å². The van der Waals surface area contributed by atoms with Crippen LogP contribution in [0.15, 0.2) is 46.2 Å². The van der Waals surface area contributed by atoms with E-state index in [1.165, 1.54) is 11.8 Å². The van der Waals surface area contributed by atoms with Gasteiger partial charge in [-0.3, -0.25) is 9.69 Å². The highest BCUT2D eigenvalue weighted by atomic mass is 32.2. The lowest BCUT2D eigenvalue weighted by Gasteiger charge is -2.35. The first-order chi connectivity index (χ1) is 12.5. The SMILES string of the molecule is C=C(C=O)S/C(C)=C(\C)C(c1ccccc1C)N(CC)C(=O)OC(C)(C)C. The number of carbonyl (C=O) groups excluding carboxylic acids is 2. The van der Waals surface area contributed by atoms with E-state index < -0.39 is 5.60 Å². The van der Waals surface area contributed by atoms with Gasteiger partial charge in [0.1, 0.15) is 5.60 Å². The monoisotopic (exact) mass is 389 g/mol. The molecule has 1 amide bonds. The molecule has 1 aromatic carbocycles. The van der Waals surface area contributed by atoms with Gasteiger partial charge in [-0.15, -0.1) is 0 Å². The first-order valence-electron chi connectivity index (χ1n) is 9.06. The van der Waals surface area contributed by atoms with Gasteiger partial charge in [-0.1, -0.05) is 42.6 Å². The van der Waals surface area contributed by atoms with Crippen molar-refractivity contribution in [2.75, 3.05) is 6.54 Å². The fourth-order valence-electron chi connectivity index (χ4n) is 2.76. The fraction of sp³-hybridized carbons (Fsp3) is 0.455. The normalized spacial score (nSPS) is 13.4. The number of aldehydes is 1. The molecule has 0 aliphatic heterocycles. The van der Waals surface area contributed by atoms with Gasteiger partial charge in [0.2, 0.25) is 0 Å². The van der Waals surface area contributed by atoms with Gasteiger partial charge in [0.15, 0.2) is 6.29 Å². The molecule has 0 radical (unpaired) electrons. The second kappa shape index (κ2) is 9.79. The van der Waals surface area contributed by atoms with E-state index in [-0.39, 0.29) is 12.1 Å². The lowest BCUT2D eigenvalue weighted by atomic mass is 9.94. The van der Waals surface area contributed by atoms with Crippen molar-refractivity contribution >= 4 is 24.1 Å². The summed E-state index contributed by atoms with van der Waals surface area (Å²) in [7, 11) is 0. The minimum Gasteiger partial charge on any atom is -0.444 e. The quantitative estimate of drug-likeness (QED) is 0.422. The van der Waals surface area contributed by atoms with Gasteiger partial charge in [-0.2, -0.15) is 0 Å². The Balaban J connectivity index is 3.47. The van der Waals surface area contributed by atoms with Crippen LogP contribution in [0, 0.1) is 6.92 Å². The van der Waals surface area contributed by atoms with Crippen LogP contribution in [0.5, 0.6) is 0 Å². The Morgan fingerprint density at radius 3 is 2.37 bits per heavy atom. The molecule has 0 saturated heterocycles. The topological polar surface area (TPSA) is 46.6 Å². The van der Waals surface area contributed by atoms with E-state index in [1.807, 2.05) is 72.7 Å². The second-order valence-electron chi connectivity index (χ2n) is 7.45. The molecule has 0 aliphatic carbocycles. The molecule has 1 rings (SSSR count). The predicted octanol–water partition coefficient (Wildman–Crippen LogP) is 6.03. The number of nitrogens with zero attached hydrogens (tertiary/aromatic N) is 1. The summed E-state index contributed by atoms with van der Waals surface area (Å²) in [6, 6.07) is 7.74. The van der Waals surface area contributed by atoms with E-state index >= 15 is 0 Å². The highest BCUT2D eigenvalue weighted by Gasteiger charge is 2.31. The standard InChI is InChI=1S/C22H31NO3S/c1-9-23(21(25)26-22(6,7)8)20(19-13-11-10-12-15(19)2)17(4)18(5)27-16(3)14-24/h10-14,20H,3,9H2,1-2,4-8H3/b18-17+. The molecule has 0 N–H and O–H groups in total. The van der Waals surface area contributed by atoms with Crippen molar-refractivity contribution in [1.29, 1.82) is 0 Å². The number of hydrogen-bond acceptors (Lipinski definition) is 4.